The molecule has 0 atom stereocenters. The maximum Gasteiger partial charge on any atom is 0.218 e. The molecule has 7 heteroatoms. The van der Waals surface area contributed by atoms with Crippen LogP contribution in [-0.4, -0.2) is 29.5 Å². The third-order valence-corrected chi connectivity index (χ3v) is 5.52. The second-order valence-corrected chi connectivity index (χ2v) is 7.62. The standard InChI is InChI=1S/C22H27N5OS/c1-3-19-15-26-20(29-19)11-13-25-22(23-2)27-14-18-10-7-12-24-21(18)28-16-17-8-5-4-6-9-17/h4-10,12,15H,3,11,13-14,16H2,1-2H3,(H2,23,25,27). The minimum Gasteiger partial charge on any atom is -0.473 e. The molecule has 29 heavy (non-hydrogen) atoms. The fraction of sp³-hybridized carbons (Fsp3) is 0.318. The summed E-state index contributed by atoms with van der Waals surface area (Å²) in [7, 11) is 1.77. The number of pyridine rings is 1. The summed E-state index contributed by atoms with van der Waals surface area (Å²) in [6.45, 7) is 4.00. The summed E-state index contributed by atoms with van der Waals surface area (Å²) in [5, 5.41) is 7.81. The van der Waals surface area contributed by atoms with Crippen LogP contribution in [0.3, 0.4) is 0 Å². The van der Waals surface area contributed by atoms with E-state index in [1.807, 2.05) is 48.7 Å². The summed E-state index contributed by atoms with van der Waals surface area (Å²) in [6, 6.07) is 14.0. The van der Waals surface area contributed by atoms with Gasteiger partial charge in [0.15, 0.2) is 5.96 Å². The Morgan fingerprint density at radius 2 is 1.97 bits per heavy atom. The third-order valence-electron chi connectivity index (χ3n) is 4.32. The van der Waals surface area contributed by atoms with E-state index < -0.39 is 0 Å². The van der Waals surface area contributed by atoms with Crippen molar-refractivity contribution in [3.63, 3.8) is 0 Å². The van der Waals surface area contributed by atoms with Crippen LogP contribution in [0.2, 0.25) is 0 Å². The highest BCUT2D eigenvalue weighted by atomic mass is 32.1. The van der Waals surface area contributed by atoms with Gasteiger partial charge >= 0.3 is 0 Å². The minimum absolute atomic E-state index is 0.491. The van der Waals surface area contributed by atoms with Crippen molar-refractivity contribution in [3.05, 3.63) is 75.9 Å². The predicted octanol–water partition coefficient (Wildman–Crippen LogP) is 3.59. The number of thiazole rings is 1. The first-order valence-corrected chi connectivity index (χ1v) is 10.6. The molecule has 0 unspecified atom stereocenters. The van der Waals surface area contributed by atoms with E-state index in [1.165, 1.54) is 4.88 Å². The van der Waals surface area contributed by atoms with E-state index >= 15 is 0 Å². The maximum absolute atomic E-state index is 5.92. The van der Waals surface area contributed by atoms with Crippen LogP contribution in [0.1, 0.15) is 27.9 Å². The maximum atomic E-state index is 5.92. The fourth-order valence-electron chi connectivity index (χ4n) is 2.73. The Labute approximate surface area is 176 Å². The number of aromatic nitrogens is 2. The topological polar surface area (TPSA) is 71.4 Å². The van der Waals surface area contributed by atoms with Crippen LogP contribution in [0.5, 0.6) is 5.88 Å². The summed E-state index contributed by atoms with van der Waals surface area (Å²) < 4.78 is 5.92. The van der Waals surface area contributed by atoms with Gasteiger partial charge in [-0.3, -0.25) is 4.99 Å². The third kappa shape index (κ3) is 6.57. The van der Waals surface area contributed by atoms with Crippen LogP contribution in [0.25, 0.3) is 0 Å². The van der Waals surface area contributed by atoms with E-state index in [4.69, 9.17) is 4.74 Å². The van der Waals surface area contributed by atoms with E-state index in [0.29, 0.717) is 19.0 Å². The smallest absolute Gasteiger partial charge is 0.218 e. The number of ether oxygens (including phenoxy) is 1. The first kappa shape index (κ1) is 20.8. The van der Waals surface area contributed by atoms with Gasteiger partial charge in [0, 0.05) is 49.4 Å². The zero-order valence-corrected chi connectivity index (χ0v) is 17.7. The molecule has 0 aliphatic heterocycles. The molecule has 0 spiro atoms. The van der Waals surface area contributed by atoms with Crippen LogP contribution in [-0.2, 0) is 26.0 Å². The molecule has 0 radical (unpaired) electrons. The molecule has 2 N–H and O–H groups in total. The van der Waals surface area contributed by atoms with Crippen LogP contribution < -0.4 is 15.4 Å². The molecule has 0 fully saturated rings. The predicted molar refractivity (Wildman–Crippen MR) is 118 cm³/mol. The van der Waals surface area contributed by atoms with E-state index in [0.717, 1.165) is 41.5 Å². The van der Waals surface area contributed by atoms with Gasteiger partial charge in [-0.1, -0.05) is 43.3 Å². The fourth-order valence-corrected chi connectivity index (χ4v) is 3.59. The number of hydrogen-bond acceptors (Lipinski definition) is 5. The molecule has 2 aromatic heterocycles. The lowest BCUT2D eigenvalue weighted by molar-refractivity contribution is 0.290. The SMILES string of the molecule is CCc1cnc(CCNC(=NC)NCc2cccnc2OCc2ccccc2)s1. The van der Waals surface area contributed by atoms with Crippen molar-refractivity contribution in [2.24, 2.45) is 4.99 Å². The highest BCUT2D eigenvalue weighted by Crippen LogP contribution is 2.16. The molecule has 0 bridgehead atoms. The average Bonchev–Trinajstić information content (AvgIpc) is 3.24. The van der Waals surface area contributed by atoms with Crippen LogP contribution in [0.15, 0.2) is 59.9 Å². The zero-order chi connectivity index (χ0) is 20.3. The van der Waals surface area contributed by atoms with Crippen molar-refractivity contribution in [1.29, 1.82) is 0 Å². The van der Waals surface area contributed by atoms with Crippen LogP contribution >= 0.6 is 11.3 Å². The molecule has 0 saturated carbocycles. The van der Waals surface area contributed by atoms with Crippen LogP contribution in [0, 0.1) is 0 Å². The number of nitrogens with one attached hydrogen (secondary N) is 2. The Kier molecular flexibility index (Phi) is 8.01. The number of benzene rings is 1. The molecule has 6 nitrogen and oxygen atoms in total. The molecule has 152 valence electrons. The first-order valence-electron chi connectivity index (χ1n) is 9.77. The van der Waals surface area contributed by atoms with Gasteiger partial charge in [0.05, 0.1) is 5.01 Å². The number of nitrogens with zero attached hydrogens (tertiary/aromatic N) is 3. The lowest BCUT2D eigenvalue weighted by Crippen LogP contribution is -2.37. The zero-order valence-electron chi connectivity index (χ0n) is 16.9. The Bertz CT molecular complexity index is 910. The van der Waals surface area contributed by atoms with Gasteiger partial charge in [-0.2, -0.15) is 0 Å². The molecule has 3 rings (SSSR count). The first-order chi connectivity index (χ1) is 14.3. The lowest BCUT2D eigenvalue weighted by atomic mass is 10.2. The number of rotatable bonds is 9. The highest BCUT2D eigenvalue weighted by molar-refractivity contribution is 7.11. The molecular formula is C22H27N5OS. The van der Waals surface area contributed by atoms with Gasteiger partial charge in [0.25, 0.3) is 0 Å². The number of hydrogen-bond donors (Lipinski definition) is 2. The van der Waals surface area contributed by atoms with E-state index in [2.05, 4.69) is 32.5 Å². The van der Waals surface area contributed by atoms with Crippen molar-refractivity contribution < 1.29 is 4.74 Å². The van der Waals surface area contributed by atoms with Gasteiger partial charge in [-0.15, -0.1) is 11.3 Å². The van der Waals surface area contributed by atoms with E-state index in [1.54, 1.807) is 24.6 Å². The molecule has 0 aliphatic carbocycles. The summed E-state index contributed by atoms with van der Waals surface area (Å²) in [5.74, 6) is 1.38. The Hall–Kier alpha value is -2.93. The molecule has 0 saturated heterocycles. The van der Waals surface area contributed by atoms with Crippen molar-refractivity contribution in [2.45, 2.75) is 32.9 Å². The number of aliphatic imine (C=N–C) groups is 1. The molecule has 3 aromatic rings. The van der Waals surface area contributed by atoms with Crippen LogP contribution in [0.4, 0.5) is 0 Å². The van der Waals surface area contributed by atoms with Gasteiger partial charge in [-0.05, 0) is 18.1 Å². The molecular weight excluding hydrogens is 382 g/mol. The van der Waals surface area contributed by atoms with Gasteiger partial charge in [0.2, 0.25) is 5.88 Å². The van der Waals surface area contributed by atoms with Gasteiger partial charge in [0.1, 0.15) is 6.61 Å². The van der Waals surface area contributed by atoms with Crippen molar-refractivity contribution in [2.75, 3.05) is 13.6 Å². The molecule has 2 heterocycles. The molecule has 1 aromatic carbocycles. The minimum atomic E-state index is 0.491. The van der Waals surface area contributed by atoms with Gasteiger partial charge < -0.3 is 15.4 Å². The Morgan fingerprint density at radius 3 is 2.72 bits per heavy atom. The summed E-state index contributed by atoms with van der Waals surface area (Å²) in [4.78, 5) is 14.5. The van der Waals surface area contributed by atoms with E-state index in [-0.39, 0.29) is 0 Å². The molecule has 0 amide bonds. The monoisotopic (exact) mass is 409 g/mol. The number of aryl methyl sites for hydroxylation is 1. The van der Waals surface area contributed by atoms with Crippen molar-refractivity contribution >= 4 is 17.3 Å². The summed E-state index contributed by atoms with van der Waals surface area (Å²) in [5.41, 5.74) is 2.10. The Balaban J connectivity index is 1.48. The normalized spacial score (nSPS) is 11.3. The number of guanidine groups is 1. The average molecular weight is 410 g/mol. The lowest BCUT2D eigenvalue weighted by Gasteiger charge is -2.14. The largest absolute Gasteiger partial charge is 0.473 e. The Morgan fingerprint density at radius 1 is 1.10 bits per heavy atom. The molecule has 0 aliphatic rings. The van der Waals surface area contributed by atoms with E-state index in [9.17, 15) is 0 Å². The highest BCUT2D eigenvalue weighted by Gasteiger charge is 2.07. The van der Waals surface area contributed by atoms with Crippen molar-refractivity contribution in [3.8, 4) is 5.88 Å². The quantitative estimate of drug-likeness (QED) is 0.417. The summed E-state index contributed by atoms with van der Waals surface area (Å²) in [6.07, 6.45) is 5.62. The van der Waals surface area contributed by atoms with Crippen molar-refractivity contribution in [1.82, 2.24) is 20.6 Å². The summed E-state index contributed by atoms with van der Waals surface area (Å²) >= 11 is 1.77. The van der Waals surface area contributed by atoms with Gasteiger partial charge in [-0.25, -0.2) is 9.97 Å². The second kappa shape index (κ2) is 11.2. The second-order valence-electron chi connectivity index (χ2n) is 6.42.